The number of hydrogen-bond donors (Lipinski definition) is 1. The van der Waals surface area contributed by atoms with Crippen molar-refractivity contribution >= 4 is 0 Å². The normalized spacial score (nSPS) is 16.4. The summed E-state index contributed by atoms with van der Waals surface area (Å²) >= 11 is 0. The summed E-state index contributed by atoms with van der Waals surface area (Å²) in [5.41, 5.74) is 0.991. The summed E-state index contributed by atoms with van der Waals surface area (Å²) in [6.45, 7) is 2.12. The maximum Gasteiger partial charge on any atom is 0.213 e. The van der Waals surface area contributed by atoms with E-state index in [1.54, 1.807) is 0 Å². The molecular weight excluding hydrogens is 180 g/mol. The van der Waals surface area contributed by atoms with E-state index in [0.29, 0.717) is 19.1 Å². The van der Waals surface area contributed by atoms with Crippen molar-refractivity contribution in [1.29, 1.82) is 0 Å². The Kier molecular flexibility index (Phi) is 2.96. The molecule has 0 aromatic carbocycles. The molecule has 0 aliphatic carbocycles. The van der Waals surface area contributed by atoms with E-state index in [1.165, 1.54) is 0 Å². The number of pyridine rings is 1. The fourth-order valence-electron chi connectivity index (χ4n) is 1.26. The summed E-state index contributed by atoms with van der Waals surface area (Å²) in [5, 5.41) is 3.05. The maximum absolute atomic E-state index is 5.57. The van der Waals surface area contributed by atoms with Gasteiger partial charge in [0.2, 0.25) is 5.88 Å². The van der Waals surface area contributed by atoms with E-state index in [2.05, 4.69) is 10.3 Å². The second kappa shape index (κ2) is 4.39. The number of ether oxygens (including phenoxy) is 2. The summed E-state index contributed by atoms with van der Waals surface area (Å²) in [7, 11) is 1.90. The van der Waals surface area contributed by atoms with Crippen LogP contribution >= 0.6 is 0 Å². The summed E-state index contributed by atoms with van der Waals surface area (Å²) < 4.78 is 10.6. The molecule has 2 rings (SSSR count). The molecule has 0 atom stereocenters. The Balaban J connectivity index is 1.97. The van der Waals surface area contributed by atoms with Crippen LogP contribution in [0.1, 0.15) is 5.69 Å². The molecule has 0 bridgehead atoms. The van der Waals surface area contributed by atoms with Crippen LogP contribution in [-0.2, 0) is 11.3 Å². The van der Waals surface area contributed by atoms with Crippen molar-refractivity contribution in [1.82, 2.24) is 10.3 Å². The van der Waals surface area contributed by atoms with Crippen LogP contribution in [-0.4, -0.2) is 31.3 Å². The number of aromatic nitrogens is 1. The Hall–Kier alpha value is -1.13. The quantitative estimate of drug-likeness (QED) is 0.761. The highest BCUT2D eigenvalue weighted by atomic mass is 16.6. The molecule has 76 valence electrons. The third kappa shape index (κ3) is 2.21. The van der Waals surface area contributed by atoms with Crippen LogP contribution in [0, 0.1) is 0 Å². The highest BCUT2D eigenvalue weighted by Crippen LogP contribution is 2.13. The predicted octanol–water partition coefficient (Wildman–Crippen LogP) is 0.579. The molecule has 2 heterocycles. The lowest BCUT2D eigenvalue weighted by molar-refractivity contribution is -0.0813. The van der Waals surface area contributed by atoms with Crippen molar-refractivity contribution in [3.63, 3.8) is 0 Å². The topological polar surface area (TPSA) is 43.4 Å². The minimum atomic E-state index is 0.187. The highest BCUT2D eigenvalue weighted by Gasteiger charge is 2.20. The molecule has 14 heavy (non-hydrogen) atoms. The van der Waals surface area contributed by atoms with Gasteiger partial charge >= 0.3 is 0 Å². The largest absolute Gasteiger partial charge is 0.469 e. The fraction of sp³-hybridized carbons (Fsp3) is 0.500. The van der Waals surface area contributed by atoms with Gasteiger partial charge in [0.05, 0.1) is 18.9 Å². The van der Waals surface area contributed by atoms with Crippen LogP contribution in [0.2, 0.25) is 0 Å². The Morgan fingerprint density at radius 3 is 3.07 bits per heavy atom. The zero-order chi connectivity index (χ0) is 9.80. The molecule has 4 heteroatoms. The van der Waals surface area contributed by atoms with Gasteiger partial charge in [-0.25, -0.2) is 4.98 Å². The van der Waals surface area contributed by atoms with Crippen molar-refractivity contribution in [2.24, 2.45) is 0 Å². The van der Waals surface area contributed by atoms with Gasteiger partial charge in [-0.2, -0.15) is 0 Å². The second-order valence-corrected chi connectivity index (χ2v) is 3.27. The van der Waals surface area contributed by atoms with Gasteiger partial charge in [0.15, 0.2) is 0 Å². The van der Waals surface area contributed by atoms with Crippen molar-refractivity contribution in [2.75, 3.05) is 20.3 Å². The van der Waals surface area contributed by atoms with Crippen LogP contribution in [0.15, 0.2) is 18.2 Å². The molecule has 1 aliphatic rings. The van der Waals surface area contributed by atoms with Gasteiger partial charge in [0, 0.05) is 12.6 Å². The molecular formula is C10H14N2O2. The van der Waals surface area contributed by atoms with Gasteiger partial charge < -0.3 is 14.8 Å². The van der Waals surface area contributed by atoms with Gasteiger partial charge in [-0.15, -0.1) is 0 Å². The molecule has 0 spiro atoms. The van der Waals surface area contributed by atoms with Gasteiger partial charge in [-0.3, -0.25) is 0 Å². The number of nitrogens with one attached hydrogen (secondary N) is 1. The van der Waals surface area contributed by atoms with Crippen molar-refractivity contribution in [2.45, 2.75) is 12.6 Å². The van der Waals surface area contributed by atoms with Crippen LogP contribution in [0.25, 0.3) is 0 Å². The van der Waals surface area contributed by atoms with E-state index in [9.17, 15) is 0 Å². The molecule has 1 aromatic heterocycles. The minimum Gasteiger partial charge on any atom is -0.469 e. The monoisotopic (exact) mass is 194 g/mol. The van der Waals surface area contributed by atoms with Crippen LogP contribution in [0.3, 0.4) is 0 Å². The van der Waals surface area contributed by atoms with E-state index in [4.69, 9.17) is 9.47 Å². The Morgan fingerprint density at radius 2 is 2.43 bits per heavy atom. The lowest BCUT2D eigenvalue weighted by atomic mass is 10.3. The van der Waals surface area contributed by atoms with Gasteiger partial charge in [0.1, 0.15) is 6.10 Å². The van der Waals surface area contributed by atoms with Crippen LogP contribution in [0.4, 0.5) is 0 Å². The van der Waals surface area contributed by atoms with E-state index in [-0.39, 0.29) is 6.10 Å². The second-order valence-electron chi connectivity index (χ2n) is 3.27. The van der Waals surface area contributed by atoms with Crippen LogP contribution in [0.5, 0.6) is 5.88 Å². The number of hydrogen-bond acceptors (Lipinski definition) is 4. The van der Waals surface area contributed by atoms with Crippen molar-refractivity contribution in [3.05, 3.63) is 23.9 Å². The lowest BCUT2D eigenvalue weighted by Crippen LogP contribution is -2.38. The first-order valence-corrected chi connectivity index (χ1v) is 4.73. The molecule has 1 fully saturated rings. The molecule has 0 radical (unpaired) electrons. The summed E-state index contributed by atoms with van der Waals surface area (Å²) in [6, 6.07) is 5.80. The smallest absolute Gasteiger partial charge is 0.213 e. The third-order valence-electron chi connectivity index (χ3n) is 2.03. The molecule has 1 aliphatic heterocycles. The Labute approximate surface area is 83.2 Å². The molecule has 1 N–H and O–H groups in total. The minimum absolute atomic E-state index is 0.187. The Morgan fingerprint density at radius 1 is 1.57 bits per heavy atom. The first-order chi connectivity index (χ1) is 6.88. The Bertz CT molecular complexity index is 300. The van der Waals surface area contributed by atoms with Crippen LogP contribution < -0.4 is 10.1 Å². The molecule has 4 nitrogen and oxygen atoms in total. The predicted molar refractivity (Wildman–Crippen MR) is 52.2 cm³/mol. The summed E-state index contributed by atoms with van der Waals surface area (Å²) in [6.07, 6.45) is 0.187. The van der Waals surface area contributed by atoms with Gasteiger partial charge in [-0.05, 0) is 13.1 Å². The van der Waals surface area contributed by atoms with E-state index in [1.807, 2.05) is 25.2 Å². The average Bonchev–Trinajstić information content (AvgIpc) is 2.13. The average molecular weight is 194 g/mol. The van der Waals surface area contributed by atoms with Gasteiger partial charge in [-0.1, -0.05) is 6.07 Å². The lowest BCUT2D eigenvalue weighted by Gasteiger charge is -2.26. The van der Waals surface area contributed by atoms with E-state index < -0.39 is 0 Å². The first-order valence-electron chi connectivity index (χ1n) is 4.73. The van der Waals surface area contributed by atoms with Crippen molar-refractivity contribution < 1.29 is 9.47 Å². The highest BCUT2D eigenvalue weighted by molar-refractivity contribution is 5.16. The molecule has 1 aromatic rings. The zero-order valence-corrected chi connectivity index (χ0v) is 8.19. The zero-order valence-electron chi connectivity index (χ0n) is 8.19. The summed E-state index contributed by atoms with van der Waals surface area (Å²) in [4.78, 5) is 4.34. The maximum atomic E-state index is 5.57. The van der Waals surface area contributed by atoms with E-state index >= 15 is 0 Å². The van der Waals surface area contributed by atoms with Gasteiger partial charge in [0.25, 0.3) is 0 Å². The fourth-order valence-corrected chi connectivity index (χ4v) is 1.26. The molecule has 0 saturated carbocycles. The molecule has 1 saturated heterocycles. The number of rotatable bonds is 4. The third-order valence-corrected chi connectivity index (χ3v) is 2.03. The van der Waals surface area contributed by atoms with Crippen molar-refractivity contribution in [3.8, 4) is 5.88 Å². The standard InChI is InChI=1S/C10H14N2O2/c1-11-5-8-3-2-4-10(12-8)14-9-6-13-7-9/h2-4,9,11H,5-7H2,1H3. The molecule has 0 amide bonds. The first kappa shape index (κ1) is 9.43. The summed E-state index contributed by atoms with van der Waals surface area (Å²) in [5.74, 6) is 0.686. The number of nitrogens with zero attached hydrogens (tertiary/aromatic N) is 1. The molecule has 0 unspecified atom stereocenters. The SMILES string of the molecule is CNCc1cccc(OC2COC2)n1. The van der Waals surface area contributed by atoms with E-state index in [0.717, 1.165) is 12.2 Å².